The maximum Gasteiger partial charge on any atom is 0.0885 e. The molecule has 0 heterocycles. The van der Waals surface area contributed by atoms with Gasteiger partial charge in [0.2, 0.25) is 0 Å². The average molecular weight is 333 g/mol. The smallest absolute Gasteiger partial charge is 0.0885 e. The Hall–Kier alpha value is -0.500. The molecule has 0 aromatic carbocycles. The maximum atomic E-state index is 9.92. The van der Waals surface area contributed by atoms with E-state index in [1.807, 2.05) is 0 Å². The van der Waals surface area contributed by atoms with Crippen LogP contribution in [0.5, 0.6) is 0 Å². The number of hydrogen-bond acceptors (Lipinski definition) is 2. The third-order valence-corrected chi connectivity index (χ3v) is 7.97. The van der Waals surface area contributed by atoms with Gasteiger partial charge in [-0.1, -0.05) is 6.92 Å². The zero-order chi connectivity index (χ0) is 17.1. The number of aliphatic hydroxyl groups excluding tert-OH is 1. The molecule has 0 saturated heterocycles. The highest BCUT2D eigenvalue weighted by molar-refractivity contribution is 5.11. The third kappa shape index (κ3) is 2.73. The first-order valence-electron chi connectivity index (χ1n) is 10.4. The molecule has 4 aliphatic carbocycles. The van der Waals surface area contributed by atoms with Gasteiger partial charge in [-0.3, -0.25) is 0 Å². The van der Waals surface area contributed by atoms with Crippen LogP contribution in [-0.2, 0) is 4.74 Å². The van der Waals surface area contributed by atoms with Crippen molar-refractivity contribution >= 4 is 0 Å². The van der Waals surface area contributed by atoms with E-state index in [-0.39, 0.29) is 5.60 Å². The lowest BCUT2D eigenvalue weighted by Gasteiger charge is -2.55. The van der Waals surface area contributed by atoms with Crippen LogP contribution in [0.15, 0.2) is 11.8 Å². The van der Waals surface area contributed by atoms with Crippen molar-refractivity contribution < 1.29 is 9.84 Å². The molecule has 0 bridgehead atoms. The van der Waals surface area contributed by atoms with E-state index < -0.39 is 0 Å². The molecule has 3 unspecified atom stereocenters. The second-order valence-electron chi connectivity index (χ2n) is 10.4. The lowest BCUT2D eigenvalue weighted by Crippen LogP contribution is -2.50. The topological polar surface area (TPSA) is 29.5 Å². The maximum absolute atomic E-state index is 9.92. The lowest BCUT2D eigenvalue weighted by atomic mass is 9.51. The van der Waals surface area contributed by atoms with Crippen LogP contribution < -0.4 is 0 Å². The Balaban J connectivity index is 1.54. The van der Waals surface area contributed by atoms with Crippen LogP contribution in [-0.4, -0.2) is 16.8 Å². The highest BCUT2D eigenvalue weighted by atomic mass is 16.5. The molecular formula is C22H36O2. The van der Waals surface area contributed by atoms with Gasteiger partial charge in [-0.25, -0.2) is 0 Å². The van der Waals surface area contributed by atoms with Crippen molar-refractivity contribution in [3.8, 4) is 0 Å². The highest BCUT2D eigenvalue weighted by Gasteiger charge is 2.57. The van der Waals surface area contributed by atoms with Crippen LogP contribution in [0.2, 0.25) is 0 Å². The molecule has 3 saturated carbocycles. The van der Waals surface area contributed by atoms with E-state index in [2.05, 4.69) is 33.8 Å². The van der Waals surface area contributed by atoms with E-state index in [9.17, 15) is 5.11 Å². The van der Waals surface area contributed by atoms with Gasteiger partial charge < -0.3 is 9.84 Å². The van der Waals surface area contributed by atoms with Gasteiger partial charge >= 0.3 is 0 Å². The van der Waals surface area contributed by atoms with Crippen molar-refractivity contribution in [3.63, 3.8) is 0 Å². The molecule has 0 spiro atoms. The van der Waals surface area contributed by atoms with Crippen molar-refractivity contribution in [1.82, 2.24) is 0 Å². The van der Waals surface area contributed by atoms with Crippen LogP contribution in [0, 0.1) is 35.0 Å². The molecule has 0 aromatic heterocycles. The zero-order valence-electron chi connectivity index (χ0n) is 16.1. The molecule has 4 rings (SSSR count). The minimum absolute atomic E-state index is 0.0250. The molecule has 3 fully saturated rings. The highest BCUT2D eigenvalue weighted by Crippen LogP contribution is 2.63. The van der Waals surface area contributed by atoms with Crippen molar-refractivity contribution in [3.05, 3.63) is 11.8 Å². The number of fused-ring (bicyclic) bond motifs is 5. The Morgan fingerprint density at radius 2 is 1.79 bits per heavy atom. The summed E-state index contributed by atoms with van der Waals surface area (Å²) in [6, 6.07) is 0. The number of aliphatic hydroxyl groups is 1. The van der Waals surface area contributed by atoms with Crippen LogP contribution in [0.4, 0.5) is 0 Å². The minimum atomic E-state index is -0.0250. The van der Waals surface area contributed by atoms with Gasteiger partial charge in [0.05, 0.1) is 17.5 Å². The third-order valence-electron chi connectivity index (χ3n) is 7.97. The first-order chi connectivity index (χ1) is 11.3. The molecule has 1 N–H and O–H groups in total. The van der Waals surface area contributed by atoms with Gasteiger partial charge in [0, 0.05) is 6.42 Å². The van der Waals surface area contributed by atoms with Gasteiger partial charge in [0.25, 0.3) is 0 Å². The molecule has 4 aliphatic rings. The Bertz CT molecular complexity index is 517. The predicted octanol–water partition coefficient (Wildman–Crippen LogP) is 5.87. The Labute approximate surface area is 148 Å². The van der Waals surface area contributed by atoms with Crippen LogP contribution in [0.1, 0.15) is 79.1 Å². The van der Waals surface area contributed by atoms with E-state index in [1.54, 1.807) is 0 Å². The van der Waals surface area contributed by atoms with Gasteiger partial charge in [-0.15, -0.1) is 0 Å². The summed E-state index contributed by atoms with van der Waals surface area (Å²) in [6.07, 6.45) is 12.8. The Kier molecular flexibility index (Phi) is 4.06. The van der Waals surface area contributed by atoms with Crippen molar-refractivity contribution in [2.24, 2.45) is 35.0 Å². The monoisotopic (exact) mass is 332 g/mol. The predicted molar refractivity (Wildman–Crippen MR) is 97.8 cm³/mol. The second-order valence-corrected chi connectivity index (χ2v) is 10.4. The summed E-state index contributed by atoms with van der Waals surface area (Å²) in [5.74, 6) is 4.84. The number of hydrogen-bond donors (Lipinski definition) is 1. The standard InChI is InChI=1S/C22H36O2/c1-21(2,3)24-20-10-9-19-18-7-5-14-13-15(23)6-8-16(14)17(18)11-12-22(19,20)4/h13-14,16-20,23H,5-12H2,1-4H3/t14-,16-,17?,18?,19?,20-,22-/m0/s1. The molecular weight excluding hydrogens is 296 g/mol. The van der Waals surface area contributed by atoms with Crippen molar-refractivity contribution in [1.29, 1.82) is 0 Å². The van der Waals surface area contributed by atoms with Crippen molar-refractivity contribution in [2.75, 3.05) is 0 Å². The second kappa shape index (κ2) is 5.76. The first kappa shape index (κ1) is 16.9. The molecule has 136 valence electrons. The summed E-state index contributed by atoms with van der Waals surface area (Å²) in [4.78, 5) is 0. The van der Waals surface area contributed by atoms with Gasteiger partial charge in [0.1, 0.15) is 0 Å². The summed E-state index contributed by atoms with van der Waals surface area (Å²) in [5, 5.41) is 9.92. The van der Waals surface area contributed by atoms with E-state index in [4.69, 9.17) is 4.74 Å². The fourth-order valence-corrected chi connectivity index (χ4v) is 7.03. The average Bonchev–Trinajstić information content (AvgIpc) is 2.82. The summed E-state index contributed by atoms with van der Waals surface area (Å²) >= 11 is 0. The van der Waals surface area contributed by atoms with E-state index in [1.165, 1.54) is 44.9 Å². The molecule has 7 atom stereocenters. The van der Waals surface area contributed by atoms with Gasteiger partial charge in [-0.2, -0.15) is 0 Å². The molecule has 0 aromatic rings. The van der Waals surface area contributed by atoms with Crippen LogP contribution >= 0.6 is 0 Å². The molecule has 0 radical (unpaired) electrons. The minimum Gasteiger partial charge on any atom is -0.513 e. The summed E-state index contributed by atoms with van der Waals surface area (Å²) in [6.45, 7) is 9.17. The van der Waals surface area contributed by atoms with E-state index >= 15 is 0 Å². The van der Waals surface area contributed by atoms with Crippen LogP contribution in [0.25, 0.3) is 0 Å². The summed E-state index contributed by atoms with van der Waals surface area (Å²) in [5.41, 5.74) is 0.372. The van der Waals surface area contributed by atoms with E-state index in [0.717, 1.165) is 30.1 Å². The van der Waals surface area contributed by atoms with Gasteiger partial charge in [-0.05, 0) is 107 Å². The largest absolute Gasteiger partial charge is 0.513 e. The molecule has 0 amide bonds. The number of ether oxygens (including phenoxy) is 1. The fourth-order valence-electron chi connectivity index (χ4n) is 7.03. The Morgan fingerprint density at radius 3 is 2.54 bits per heavy atom. The molecule has 0 aliphatic heterocycles. The molecule has 2 nitrogen and oxygen atoms in total. The van der Waals surface area contributed by atoms with Gasteiger partial charge in [0.15, 0.2) is 0 Å². The number of allylic oxidation sites excluding steroid dienone is 2. The zero-order valence-corrected chi connectivity index (χ0v) is 16.1. The van der Waals surface area contributed by atoms with Crippen molar-refractivity contribution in [2.45, 2.75) is 90.8 Å². The Morgan fingerprint density at radius 1 is 1.00 bits per heavy atom. The SMILES string of the molecule is CC(C)(C)O[C@H]1CCC2C3CC[C@H]4C=C(O)CC[C@@H]4C3CC[C@@]21C. The fraction of sp³-hybridized carbons (Fsp3) is 0.909. The summed E-state index contributed by atoms with van der Waals surface area (Å²) < 4.78 is 6.53. The quantitative estimate of drug-likeness (QED) is 0.650. The normalized spacial score (nSPS) is 48.2. The molecule has 24 heavy (non-hydrogen) atoms. The first-order valence-corrected chi connectivity index (χ1v) is 10.4. The number of rotatable bonds is 1. The summed E-state index contributed by atoms with van der Waals surface area (Å²) in [7, 11) is 0. The molecule has 2 heteroatoms. The lowest BCUT2D eigenvalue weighted by molar-refractivity contribution is -0.138. The van der Waals surface area contributed by atoms with E-state index in [0.29, 0.717) is 23.2 Å². The van der Waals surface area contributed by atoms with Crippen LogP contribution in [0.3, 0.4) is 0 Å².